The topological polar surface area (TPSA) is 15.3 Å². The number of hydrogen-bond donors (Lipinski definition) is 1. The Bertz CT molecular complexity index is 189. The summed E-state index contributed by atoms with van der Waals surface area (Å²) in [4.78, 5) is 2.72. The van der Waals surface area contributed by atoms with Gasteiger partial charge in [0.1, 0.15) is 0 Å². The Balaban J connectivity index is 2.30. The summed E-state index contributed by atoms with van der Waals surface area (Å²) in [5.41, 5.74) is 0. The summed E-state index contributed by atoms with van der Waals surface area (Å²) in [6, 6.07) is 0.722. The predicted molar refractivity (Wildman–Crippen MR) is 76.4 cm³/mol. The van der Waals surface area contributed by atoms with Crippen LogP contribution in [0, 0.1) is 11.8 Å². The molecule has 102 valence electrons. The molecular weight excluding hydrogens is 208 g/mol. The molecule has 0 aromatic heterocycles. The van der Waals surface area contributed by atoms with Crippen LogP contribution in [-0.2, 0) is 0 Å². The molecule has 0 radical (unpaired) electrons. The molecule has 1 N–H and O–H groups in total. The molecule has 0 heterocycles. The van der Waals surface area contributed by atoms with Crippen LogP contribution in [0.25, 0.3) is 0 Å². The second kappa shape index (κ2) is 8.10. The third-order valence-electron chi connectivity index (χ3n) is 3.99. The van der Waals surface area contributed by atoms with E-state index in [-0.39, 0.29) is 0 Å². The Kier molecular flexibility index (Phi) is 7.14. The maximum absolute atomic E-state index is 3.55. The average Bonchev–Trinajstić information content (AvgIpc) is 3.11. The van der Waals surface area contributed by atoms with Gasteiger partial charge in [0, 0.05) is 12.6 Å². The van der Waals surface area contributed by atoms with Gasteiger partial charge in [-0.15, -0.1) is 0 Å². The molecule has 0 bridgehead atoms. The minimum Gasteiger partial charge on any atom is -0.316 e. The van der Waals surface area contributed by atoms with Crippen LogP contribution in [0.15, 0.2) is 0 Å². The van der Waals surface area contributed by atoms with Crippen molar-refractivity contribution in [2.45, 2.75) is 59.4 Å². The van der Waals surface area contributed by atoms with Crippen molar-refractivity contribution in [1.82, 2.24) is 10.2 Å². The summed E-state index contributed by atoms with van der Waals surface area (Å²) in [7, 11) is 0. The summed E-state index contributed by atoms with van der Waals surface area (Å²) in [5.74, 6) is 1.77. The van der Waals surface area contributed by atoms with Crippen LogP contribution in [0.3, 0.4) is 0 Å². The molecule has 0 aliphatic heterocycles. The van der Waals surface area contributed by atoms with Crippen LogP contribution in [0.2, 0.25) is 0 Å². The quantitative estimate of drug-likeness (QED) is 0.590. The Morgan fingerprint density at radius 2 is 1.88 bits per heavy atom. The van der Waals surface area contributed by atoms with Crippen LogP contribution in [0.4, 0.5) is 0 Å². The van der Waals surface area contributed by atoms with E-state index in [2.05, 4.69) is 37.9 Å². The Morgan fingerprint density at radius 3 is 2.41 bits per heavy atom. The smallest absolute Gasteiger partial charge is 0.0105 e. The molecule has 17 heavy (non-hydrogen) atoms. The molecule has 1 rings (SSSR count). The fourth-order valence-corrected chi connectivity index (χ4v) is 2.42. The first-order valence-corrected chi connectivity index (χ1v) is 7.63. The van der Waals surface area contributed by atoms with Crippen LogP contribution < -0.4 is 5.32 Å². The molecule has 2 atom stereocenters. The van der Waals surface area contributed by atoms with E-state index >= 15 is 0 Å². The van der Waals surface area contributed by atoms with Crippen molar-refractivity contribution in [2.24, 2.45) is 11.8 Å². The molecule has 2 unspecified atom stereocenters. The van der Waals surface area contributed by atoms with Gasteiger partial charge in [0.25, 0.3) is 0 Å². The first-order valence-electron chi connectivity index (χ1n) is 7.63. The fourth-order valence-electron chi connectivity index (χ4n) is 2.42. The summed E-state index contributed by atoms with van der Waals surface area (Å²) < 4.78 is 0. The number of nitrogens with zero attached hydrogens (tertiary/aromatic N) is 1. The van der Waals surface area contributed by atoms with Gasteiger partial charge in [-0.05, 0) is 64.1 Å². The van der Waals surface area contributed by atoms with E-state index in [1.807, 2.05) is 0 Å². The first kappa shape index (κ1) is 15.0. The molecule has 1 fully saturated rings. The van der Waals surface area contributed by atoms with E-state index in [0.29, 0.717) is 0 Å². The second-order valence-corrected chi connectivity index (χ2v) is 5.86. The van der Waals surface area contributed by atoms with E-state index in [9.17, 15) is 0 Å². The summed E-state index contributed by atoms with van der Waals surface area (Å²) in [5, 5.41) is 3.55. The lowest BCUT2D eigenvalue weighted by Crippen LogP contribution is -2.42. The standard InChI is InChI=1S/C15H32N2/c1-5-9-16-11-13(3)14(4)17(10-6-2)12-15-7-8-15/h13-16H,5-12H2,1-4H3. The van der Waals surface area contributed by atoms with Gasteiger partial charge in [-0.25, -0.2) is 0 Å². The van der Waals surface area contributed by atoms with Crippen molar-refractivity contribution in [3.8, 4) is 0 Å². The van der Waals surface area contributed by atoms with E-state index in [0.717, 1.165) is 24.4 Å². The Morgan fingerprint density at radius 1 is 1.18 bits per heavy atom. The molecule has 0 amide bonds. The van der Waals surface area contributed by atoms with Gasteiger partial charge in [0.05, 0.1) is 0 Å². The number of nitrogens with one attached hydrogen (secondary N) is 1. The van der Waals surface area contributed by atoms with Crippen molar-refractivity contribution >= 4 is 0 Å². The highest BCUT2D eigenvalue weighted by molar-refractivity contribution is 4.82. The molecule has 0 aromatic rings. The highest BCUT2D eigenvalue weighted by Crippen LogP contribution is 2.31. The molecule has 1 saturated carbocycles. The minimum absolute atomic E-state index is 0.722. The van der Waals surface area contributed by atoms with Gasteiger partial charge >= 0.3 is 0 Å². The van der Waals surface area contributed by atoms with E-state index < -0.39 is 0 Å². The molecule has 0 spiro atoms. The zero-order chi connectivity index (χ0) is 12.7. The maximum Gasteiger partial charge on any atom is 0.0105 e. The minimum atomic E-state index is 0.722. The van der Waals surface area contributed by atoms with Crippen molar-refractivity contribution in [3.63, 3.8) is 0 Å². The van der Waals surface area contributed by atoms with Gasteiger partial charge in [0.2, 0.25) is 0 Å². The van der Waals surface area contributed by atoms with Crippen molar-refractivity contribution in [1.29, 1.82) is 0 Å². The SMILES string of the molecule is CCCNCC(C)C(C)N(CCC)CC1CC1. The van der Waals surface area contributed by atoms with Crippen molar-refractivity contribution < 1.29 is 0 Å². The third kappa shape index (κ3) is 5.87. The normalized spacial score (nSPS) is 19.6. The van der Waals surface area contributed by atoms with Gasteiger partial charge in [-0.3, -0.25) is 0 Å². The Hall–Kier alpha value is -0.0800. The first-order chi connectivity index (χ1) is 8.19. The highest BCUT2D eigenvalue weighted by atomic mass is 15.2. The summed E-state index contributed by atoms with van der Waals surface area (Å²) >= 11 is 0. The molecule has 2 nitrogen and oxygen atoms in total. The monoisotopic (exact) mass is 240 g/mol. The average molecular weight is 240 g/mol. The molecule has 0 aromatic carbocycles. The zero-order valence-corrected chi connectivity index (χ0v) is 12.3. The van der Waals surface area contributed by atoms with Crippen LogP contribution in [0.1, 0.15) is 53.4 Å². The maximum atomic E-state index is 3.55. The molecular formula is C15H32N2. The molecule has 0 saturated heterocycles. The third-order valence-corrected chi connectivity index (χ3v) is 3.99. The van der Waals surface area contributed by atoms with Gasteiger partial charge in [0.15, 0.2) is 0 Å². The Labute approximate surface area is 108 Å². The van der Waals surface area contributed by atoms with Crippen molar-refractivity contribution in [3.05, 3.63) is 0 Å². The van der Waals surface area contributed by atoms with Gasteiger partial charge in [-0.1, -0.05) is 20.8 Å². The molecule has 1 aliphatic carbocycles. The van der Waals surface area contributed by atoms with Crippen LogP contribution >= 0.6 is 0 Å². The fraction of sp³-hybridized carbons (Fsp3) is 1.00. The number of hydrogen-bond acceptors (Lipinski definition) is 2. The van der Waals surface area contributed by atoms with Crippen LogP contribution in [-0.4, -0.2) is 37.1 Å². The van der Waals surface area contributed by atoms with E-state index in [1.165, 1.54) is 45.3 Å². The van der Waals surface area contributed by atoms with Crippen molar-refractivity contribution in [2.75, 3.05) is 26.2 Å². The summed E-state index contributed by atoms with van der Waals surface area (Å²) in [6.07, 6.45) is 5.46. The lowest BCUT2D eigenvalue weighted by molar-refractivity contribution is 0.153. The second-order valence-electron chi connectivity index (χ2n) is 5.86. The zero-order valence-electron chi connectivity index (χ0n) is 12.3. The number of rotatable bonds is 10. The summed E-state index contributed by atoms with van der Waals surface area (Å²) in [6.45, 7) is 14.3. The molecule has 1 aliphatic rings. The van der Waals surface area contributed by atoms with E-state index in [4.69, 9.17) is 0 Å². The highest BCUT2D eigenvalue weighted by Gasteiger charge is 2.27. The lowest BCUT2D eigenvalue weighted by Gasteiger charge is -2.33. The molecule has 2 heteroatoms. The van der Waals surface area contributed by atoms with E-state index in [1.54, 1.807) is 0 Å². The van der Waals surface area contributed by atoms with Gasteiger partial charge in [-0.2, -0.15) is 0 Å². The van der Waals surface area contributed by atoms with Gasteiger partial charge < -0.3 is 10.2 Å². The predicted octanol–water partition coefficient (Wildman–Crippen LogP) is 3.13. The largest absolute Gasteiger partial charge is 0.316 e. The van der Waals surface area contributed by atoms with Crippen LogP contribution in [0.5, 0.6) is 0 Å². The lowest BCUT2D eigenvalue weighted by atomic mass is 10.0.